The molecule has 0 atom stereocenters. The molecule has 15 heteroatoms. The molecule has 1 aliphatic carbocycles. The lowest BCUT2D eigenvalue weighted by molar-refractivity contribution is -0.117. The smallest absolute Gasteiger partial charge is 0.282 e. The number of methoxy groups -OCH3 is 2. The lowest BCUT2D eigenvalue weighted by Crippen LogP contribution is -2.24. The highest BCUT2D eigenvalue weighted by Gasteiger charge is 2.26. The van der Waals surface area contributed by atoms with Crippen LogP contribution in [0.2, 0.25) is 0 Å². The first kappa shape index (κ1) is 48.0. The van der Waals surface area contributed by atoms with Crippen LogP contribution in [0.4, 0.5) is 8.78 Å². The summed E-state index contributed by atoms with van der Waals surface area (Å²) in [4.78, 5) is 48.7. The zero-order valence-corrected chi connectivity index (χ0v) is 42.0. The number of fused-ring (bicyclic) bond motifs is 5. The molecule has 1 aliphatic rings. The zero-order valence-electron chi connectivity index (χ0n) is 38.8. The summed E-state index contributed by atoms with van der Waals surface area (Å²) in [5.41, 5.74) is 7.41. The first-order valence-corrected chi connectivity index (χ1v) is 24.0. The first-order valence-electron chi connectivity index (χ1n) is 21.8. The van der Waals surface area contributed by atoms with Crippen LogP contribution in [0.3, 0.4) is 0 Å². The fourth-order valence-corrected chi connectivity index (χ4v) is 9.43. The lowest BCUT2D eigenvalue weighted by Gasteiger charge is -2.20. The molecular weight excluding hydrogens is 998 g/mol. The van der Waals surface area contributed by atoms with Gasteiger partial charge in [-0.05, 0) is 92.7 Å². The van der Waals surface area contributed by atoms with Crippen molar-refractivity contribution in [1.82, 2.24) is 29.5 Å². The molecule has 0 unspecified atom stereocenters. The molecule has 8 aromatic rings. The molecule has 0 amide bonds. The van der Waals surface area contributed by atoms with Gasteiger partial charge in [0.1, 0.15) is 17.4 Å². The predicted octanol–water partition coefficient (Wildman–Crippen LogP) is 11.2. The van der Waals surface area contributed by atoms with Crippen LogP contribution in [0.1, 0.15) is 75.2 Å². The number of carbonyl (C=O) groups excluding carboxylic acids is 1. The minimum atomic E-state index is -0.580. The number of aromatic nitrogens is 6. The van der Waals surface area contributed by atoms with Crippen LogP contribution in [-0.4, -0.2) is 49.5 Å². The van der Waals surface area contributed by atoms with Crippen molar-refractivity contribution in [2.45, 2.75) is 75.9 Å². The normalized spacial score (nSPS) is 12.6. The van der Waals surface area contributed by atoms with E-state index in [4.69, 9.17) is 9.47 Å². The van der Waals surface area contributed by atoms with Crippen molar-refractivity contribution in [3.05, 3.63) is 163 Å². The van der Waals surface area contributed by atoms with Crippen molar-refractivity contribution in [1.29, 1.82) is 0 Å². The van der Waals surface area contributed by atoms with Crippen molar-refractivity contribution in [3.8, 4) is 45.4 Å². The second kappa shape index (κ2) is 18.9. The number of pyridine rings is 2. The summed E-state index contributed by atoms with van der Waals surface area (Å²) in [6, 6.07) is 24.9. The van der Waals surface area contributed by atoms with E-state index in [1.165, 1.54) is 34.8 Å². The molecule has 11 nitrogen and oxygen atoms in total. The molecule has 4 aromatic carbocycles. The van der Waals surface area contributed by atoms with E-state index < -0.39 is 22.8 Å². The molecule has 0 aliphatic heterocycles. The number of hydrogen-bond donors (Lipinski definition) is 0. The molecule has 348 valence electrons. The molecule has 0 spiro atoms. The summed E-state index contributed by atoms with van der Waals surface area (Å²) in [6.07, 6.45) is 3.33. The molecule has 0 fully saturated rings. The Morgan fingerprint density at radius 2 is 1.12 bits per heavy atom. The van der Waals surface area contributed by atoms with Crippen molar-refractivity contribution >= 4 is 59.2 Å². The number of halogens is 4. The fourth-order valence-electron chi connectivity index (χ4n) is 8.42. The third-order valence-electron chi connectivity index (χ3n) is 12.1. The minimum absolute atomic E-state index is 0.0210. The van der Waals surface area contributed by atoms with Crippen molar-refractivity contribution in [2.24, 2.45) is 0 Å². The molecule has 0 saturated heterocycles. The van der Waals surface area contributed by atoms with Gasteiger partial charge in [-0.25, -0.2) is 18.7 Å². The Morgan fingerprint density at radius 3 is 1.65 bits per heavy atom. The molecule has 4 aromatic heterocycles. The number of hydrogen-bond acceptors (Lipinski definition) is 9. The third-order valence-corrected chi connectivity index (χ3v) is 13.2. The molecule has 4 heterocycles. The van der Waals surface area contributed by atoms with E-state index in [0.29, 0.717) is 55.8 Å². The van der Waals surface area contributed by atoms with Gasteiger partial charge < -0.3 is 9.47 Å². The standard InChI is InChI=1S/C27H24FN3O3.C26H24Br2FN3O2/c1-27(2,3)16-10-15-14-29-31(26(33)25(15)21(28)11-16)23-7-5-6-18-19-8-9-24(34-4)30-22(19)13-17(32)12-20(18)23;1-26(2,3)16-10-15-14-30-32(25(33)24(15)20(29)11-16)22-7-5-6-17(19(22)12-27)18-8-9-23(34-4)31-21(18)13-28/h2*5-11,14H,12-13H2,1-4H3. The molecule has 68 heavy (non-hydrogen) atoms. The second-order valence-corrected chi connectivity index (χ2v) is 19.7. The van der Waals surface area contributed by atoms with Crippen LogP contribution in [-0.2, 0) is 39.1 Å². The highest BCUT2D eigenvalue weighted by atomic mass is 79.9. The van der Waals surface area contributed by atoms with E-state index in [1.807, 2.05) is 90.1 Å². The number of carbonyl (C=O) groups is 1. The van der Waals surface area contributed by atoms with Crippen molar-refractivity contribution < 1.29 is 23.0 Å². The monoisotopic (exact) mass is 1040 g/mol. The maximum atomic E-state index is 15.2. The van der Waals surface area contributed by atoms with E-state index in [9.17, 15) is 14.4 Å². The van der Waals surface area contributed by atoms with Gasteiger partial charge in [0, 0.05) is 57.5 Å². The second-order valence-electron chi connectivity index (χ2n) is 18.5. The van der Waals surface area contributed by atoms with Gasteiger partial charge in [-0.15, -0.1) is 0 Å². The van der Waals surface area contributed by atoms with Crippen molar-refractivity contribution in [3.63, 3.8) is 0 Å². The maximum absolute atomic E-state index is 15.2. The van der Waals surface area contributed by atoms with Crippen LogP contribution in [0, 0.1) is 11.6 Å². The van der Waals surface area contributed by atoms with Crippen molar-refractivity contribution in [2.75, 3.05) is 14.2 Å². The van der Waals surface area contributed by atoms with E-state index in [1.54, 1.807) is 37.6 Å². The molecule has 0 radical (unpaired) electrons. The SMILES string of the molecule is COc1ccc(-c2cccc(-n3ncc4cc(C(C)(C)C)cc(F)c4c3=O)c2CBr)c(CBr)n1.COc1ccc2c(n1)CC(=O)Cc1c-2cccc1-n1ncc2cc(C(C)(C)C)cc(F)c2c1=O. The molecule has 0 saturated carbocycles. The number of benzene rings is 4. The summed E-state index contributed by atoms with van der Waals surface area (Å²) in [5, 5.41) is 10.7. The van der Waals surface area contributed by atoms with Crippen LogP contribution < -0.4 is 20.6 Å². The average molecular weight is 1050 g/mol. The van der Waals surface area contributed by atoms with E-state index >= 15 is 8.78 Å². The van der Waals surface area contributed by atoms with E-state index in [2.05, 4.69) is 52.0 Å². The van der Waals surface area contributed by atoms with Gasteiger partial charge >= 0.3 is 0 Å². The number of alkyl halides is 2. The Bertz CT molecular complexity index is 3430. The summed E-state index contributed by atoms with van der Waals surface area (Å²) >= 11 is 7.08. The molecule has 9 rings (SSSR count). The Morgan fingerprint density at radius 1 is 0.603 bits per heavy atom. The lowest BCUT2D eigenvalue weighted by atomic mass is 9.86. The quantitative estimate of drug-likeness (QED) is 0.143. The minimum Gasteiger partial charge on any atom is -0.481 e. The van der Waals surface area contributed by atoms with Gasteiger partial charge in [-0.3, -0.25) is 14.4 Å². The molecule has 0 N–H and O–H groups in total. The summed E-state index contributed by atoms with van der Waals surface area (Å²) in [5.74, 6) is -0.205. The van der Waals surface area contributed by atoms with Crippen LogP contribution in [0.25, 0.3) is 55.2 Å². The predicted molar refractivity (Wildman–Crippen MR) is 269 cm³/mol. The van der Waals surface area contributed by atoms with Gasteiger partial charge in [-0.1, -0.05) is 97.7 Å². The van der Waals surface area contributed by atoms with E-state index in [-0.39, 0.29) is 40.2 Å². The largest absolute Gasteiger partial charge is 0.481 e. The Labute approximate surface area is 408 Å². The van der Waals surface area contributed by atoms with Crippen LogP contribution in [0.5, 0.6) is 11.8 Å². The number of ketones is 1. The Hall–Kier alpha value is -6.45. The number of nitrogens with zero attached hydrogens (tertiary/aromatic N) is 6. The van der Waals surface area contributed by atoms with Gasteiger partial charge in [0.05, 0.1) is 60.1 Å². The highest BCUT2D eigenvalue weighted by Crippen LogP contribution is 2.37. The van der Waals surface area contributed by atoms with Crippen LogP contribution in [0.15, 0.2) is 107 Å². The topological polar surface area (TPSA) is 131 Å². The van der Waals surface area contributed by atoms with Crippen LogP contribution >= 0.6 is 31.9 Å². The number of Topliss-reactive ketones (excluding diaryl/α,β-unsaturated/α-hetero) is 1. The van der Waals surface area contributed by atoms with Gasteiger partial charge in [0.15, 0.2) is 0 Å². The zero-order chi connectivity index (χ0) is 48.8. The Balaban J connectivity index is 0.000000184. The van der Waals surface area contributed by atoms with Gasteiger partial charge in [0.2, 0.25) is 11.8 Å². The Kier molecular flexibility index (Phi) is 13.4. The van der Waals surface area contributed by atoms with Gasteiger partial charge in [-0.2, -0.15) is 19.6 Å². The number of ether oxygens (including phenoxy) is 2. The maximum Gasteiger partial charge on any atom is 0.282 e. The van der Waals surface area contributed by atoms with E-state index in [0.717, 1.165) is 44.6 Å². The average Bonchev–Trinajstić information content (AvgIpc) is 3.45. The summed E-state index contributed by atoms with van der Waals surface area (Å²) < 4.78 is 43.3. The molecular formula is C53H48Br2F2N6O5. The summed E-state index contributed by atoms with van der Waals surface area (Å²) in [6.45, 7) is 12.0. The fraction of sp³-hybridized carbons (Fsp3) is 0.264. The highest BCUT2D eigenvalue weighted by molar-refractivity contribution is 9.08. The molecule has 0 bridgehead atoms. The van der Waals surface area contributed by atoms with Gasteiger partial charge in [0.25, 0.3) is 11.1 Å². The summed E-state index contributed by atoms with van der Waals surface area (Å²) in [7, 11) is 3.10. The number of rotatable bonds is 7. The third kappa shape index (κ3) is 9.13. The first-order chi connectivity index (χ1) is 32.4.